The van der Waals surface area contributed by atoms with Gasteiger partial charge in [0.05, 0.1) is 0 Å². The Morgan fingerprint density at radius 3 is 2.89 bits per heavy atom. The first-order chi connectivity index (χ1) is 13.5. The molecule has 0 aliphatic carbocycles. The molecule has 28 heavy (non-hydrogen) atoms. The first-order valence-corrected chi connectivity index (χ1v) is 10.1. The number of carbonyl (C=O) groups is 3. The number of imide groups is 1. The molecule has 150 valence electrons. The number of hydrogen-bond acceptors (Lipinski definition) is 5. The predicted octanol–water partition coefficient (Wildman–Crippen LogP) is 0.927. The minimum absolute atomic E-state index is 0.121. The van der Waals surface area contributed by atoms with E-state index in [0.717, 1.165) is 37.3 Å². The Labute approximate surface area is 165 Å². The molecule has 0 bridgehead atoms. The van der Waals surface area contributed by atoms with Crippen LogP contribution in [-0.2, 0) is 22.7 Å². The first kappa shape index (κ1) is 19.1. The molecule has 3 aliphatic heterocycles. The summed E-state index contributed by atoms with van der Waals surface area (Å²) in [5.74, 6) is -0.751. The lowest BCUT2D eigenvalue weighted by Crippen LogP contribution is -2.52. The molecule has 0 spiro atoms. The summed E-state index contributed by atoms with van der Waals surface area (Å²) >= 11 is 0. The summed E-state index contributed by atoms with van der Waals surface area (Å²) in [6.07, 6.45) is 3.12. The number of fused-ring (bicyclic) bond motifs is 1. The molecule has 0 radical (unpaired) electrons. The molecule has 3 amide bonds. The quantitative estimate of drug-likeness (QED) is 0.657. The Morgan fingerprint density at radius 1 is 1.29 bits per heavy atom. The fourth-order valence-electron chi connectivity index (χ4n) is 4.52. The molecule has 7 nitrogen and oxygen atoms in total. The van der Waals surface area contributed by atoms with Crippen molar-refractivity contribution in [2.75, 3.05) is 19.6 Å². The molecule has 0 aromatic heterocycles. The lowest BCUT2D eigenvalue weighted by molar-refractivity contribution is -0.136. The highest BCUT2D eigenvalue weighted by atomic mass is 16.2. The number of carbonyl (C=O) groups excluding carboxylic acids is 3. The van der Waals surface area contributed by atoms with Gasteiger partial charge < -0.3 is 15.5 Å². The number of piperidine rings is 2. The summed E-state index contributed by atoms with van der Waals surface area (Å²) < 4.78 is 0. The number of amides is 3. The molecule has 0 saturated carbocycles. The molecular formula is C21H28N4O3. The Kier molecular flexibility index (Phi) is 5.21. The van der Waals surface area contributed by atoms with Gasteiger partial charge in [0.2, 0.25) is 11.8 Å². The van der Waals surface area contributed by atoms with Crippen molar-refractivity contribution >= 4 is 17.7 Å². The standard InChI is InChI=1S/C21H28N4O3/c1-21(7-2-8-22-12-21)13-23-10-14-3-4-16-15(9-14)11-25(20(16)28)17-5-6-18(26)24-19(17)27/h3-4,9,17,22-23H,2,5-8,10-13H2,1H3,(H,24,26,27). The molecule has 3 heterocycles. The molecule has 2 atom stereocenters. The van der Waals surface area contributed by atoms with E-state index < -0.39 is 6.04 Å². The van der Waals surface area contributed by atoms with Gasteiger partial charge >= 0.3 is 0 Å². The van der Waals surface area contributed by atoms with E-state index in [-0.39, 0.29) is 29.6 Å². The summed E-state index contributed by atoms with van der Waals surface area (Å²) in [6.45, 7) is 6.60. The number of benzene rings is 1. The third-order valence-electron chi connectivity index (χ3n) is 6.15. The van der Waals surface area contributed by atoms with Gasteiger partial charge in [0, 0.05) is 38.2 Å². The Morgan fingerprint density at radius 2 is 2.14 bits per heavy atom. The molecule has 3 aliphatic rings. The Balaban J connectivity index is 1.38. The lowest BCUT2D eigenvalue weighted by atomic mass is 9.83. The van der Waals surface area contributed by atoms with Crippen LogP contribution in [0.3, 0.4) is 0 Å². The summed E-state index contributed by atoms with van der Waals surface area (Å²) in [5, 5.41) is 9.37. The van der Waals surface area contributed by atoms with Crippen LogP contribution in [0.5, 0.6) is 0 Å². The molecule has 1 aromatic carbocycles. The third-order valence-corrected chi connectivity index (χ3v) is 6.15. The van der Waals surface area contributed by atoms with Crippen LogP contribution in [0.25, 0.3) is 0 Å². The van der Waals surface area contributed by atoms with E-state index in [0.29, 0.717) is 18.5 Å². The van der Waals surface area contributed by atoms with Gasteiger partial charge in [-0.05, 0) is 48.4 Å². The molecule has 2 unspecified atom stereocenters. The Bertz CT molecular complexity index is 801. The van der Waals surface area contributed by atoms with Gasteiger partial charge in [-0.15, -0.1) is 0 Å². The molecule has 4 rings (SSSR count). The van der Waals surface area contributed by atoms with Gasteiger partial charge in [0.25, 0.3) is 5.91 Å². The van der Waals surface area contributed by atoms with Crippen molar-refractivity contribution in [3.8, 4) is 0 Å². The van der Waals surface area contributed by atoms with Crippen LogP contribution in [0.1, 0.15) is 54.1 Å². The monoisotopic (exact) mass is 384 g/mol. The average molecular weight is 384 g/mol. The third kappa shape index (κ3) is 3.82. The fourth-order valence-corrected chi connectivity index (χ4v) is 4.52. The van der Waals surface area contributed by atoms with Crippen LogP contribution < -0.4 is 16.0 Å². The van der Waals surface area contributed by atoms with Crippen molar-refractivity contribution in [2.24, 2.45) is 5.41 Å². The summed E-state index contributed by atoms with van der Waals surface area (Å²) in [7, 11) is 0. The van der Waals surface area contributed by atoms with Gasteiger partial charge in [0.15, 0.2) is 0 Å². The SMILES string of the molecule is CC1(CNCc2ccc3c(c2)CN(C2CCC(=O)NC2=O)C3=O)CCCNC1. The highest BCUT2D eigenvalue weighted by Crippen LogP contribution is 2.28. The minimum Gasteiger partial charge on any atom is -0.322 e. The normalized spacial score (nSPS) is 27.7. The predicted molar refractivity (Wildman–Crippen MR) is 104 cm³/mol. The van der Waals surface area contributed by atoms with E-state index in [2.05, 4.69) is 28.9 Å². The second-order valence-corrected chi connectivity index (χ2v) is 8.59. The van der Waals surface area contributed by atoms with Crippen molar-refractivity contribution in [1.82, 2.24) is 20.9 Å². The zero-order chi connectivity index (χ0) is 19.7. The van der Waals surface area contributed by atoms with Crippen molar-refractivity contribution in [3.63, 3.8) is 0 Å². The molecule has 2 saturated heterocycles. The second kappa shape index (κ2) is 7.64. The van der Waals surface area contributed by atoms with Crippen LogP contribution in [-0.4, -0.2) is 48.3 Å². The number of rotatable bonds is 5. The Hall–Kier alpha value is -2.25. The minimum atomic E-state index is -0.557. The van der Waals surface area contributed by atoms with E-state index in [9.17, 15) is 14.4 Å². The van der Waals surface area contributed by atoms with E-state index in [4.69, 9.17) is 0 Å². The zero-order valence-corrected chi connectivity index (χ0v) is 16.3. The van der Waals surface area contributed by atoms with Crippen LogP contribution >= 0.6 is 0 Å². The maximum atomic E-state index is 12.7. The first-order valence-electron chi connectivity index (χ1n) is 10.1. The van der Waals surface area contributed by atoms with E-state index >= 15 is 0 Å². The highest BCUT2D eigenvalue weighted by Gasteiger charge is 2.39. The van der Waals surface area contributed by atoms with Crippen molar-refractivity contribution in [2.45, 2.75) is 51.7 Å². The van der Waals surface area contributed by atoms with Crippen molar-refractivity contribution in [3.05, 3.63) is 34.9 Å². The van der Waals surface area contributed by atoms with Crippen LogP contribution in [0.2, 0.25) is 0 Å². The maximum absolute atomic E-state index is 12.7. The lowest BCUT2D eigenvalue weighted by Gasteiger charge is -2.34. The second-order valence-electron chi connectivity index (χ2n) is 8.59. The van der Waals surface area contributed by atoms with Gasteiger partial charge in [-0.3, -0.25) is 19.7 Å². The van der Waals surface area contributed by atoms with Gasteiger partial charge in [-0.25, -0.2) is 0 Å². The van der Waals surface area contributed by atoms with Gasteiger partial charge in [0.1, 0.15) is 6.04 Å². The fraction of sp³-hybridized carbons (Fsp3) is 0.571. The van der Waals surface area contributed by atoms with Crippen LogP contribution in [0.4, 0.5) is 0 Å². The largest absolute Gasteiger partial charge is 0.322 e. The van der Waals surface area contributed by atoms with E-state index in [1.165, 1.54) is 12.8 Å². The number of nitrogens with one attached hydrogen (secondary N) is 3. The van der Waals surface area contributed by atoms with Crippen LogP contribution in [0, 0.1) is 5.41 Å². The topological polar surface area (TPSA) is 90.5 Å². The van der Waals surface area contributed by atoms with Crippen molar-refractivity contribution < 1.29 is 14.4 Å². The highest BCUT2D eigenvalue weighted by molar-refractivity contribution is 6.05. The number of nitrogens with zero attached hydrogens (tertiary/aromatic N) is 1. The molecule has 3 N–H and O–H groups in total. The van der Waals surface area contributed by atoms with Gasteiger partial charge in [-0.1, -0.05) is 19.1 Å². The summed E-state index contributed by atoms with van der Waals surface area (Å²) in [4.78, 5) is 37.8. The van der Waals surface area contributed by atoms with Crippen molar-refractivity contribution in [1.29, 1.82) is 0 Å². The zero-order valence-electron chi connectivity index (χ0n) is 16.3. The summed E-state index contributed by atoms with van der Waals surface area (Å²) in [5.41, 5.74) is 3.05. The maximum Gasteiger partial charge on any atom is 0.255 e. The molecule has 7 heteroatoms. The number of hydrogen-bond donors (Lipinski definition) is 3. The smallest absolute Gasteiger partial charge is 0.255 e. The van der Waals surface area contributed by atoms with Gasteiger partial charge in [-0.2, -0.15) is 0 Å². The molecular weight excluding hydrogens is 356 g/mol. The van der Waals surface area contributed by atoms with E-state index in [1.807, 2.05) is 12.1 Å². The van der Waals surface area contributed by atoms with Crippen LogP contribution in [0.15, 0.2) is 18.2 Å². The molecule has 1 aromatic rings. The molecule has 2 fully saturated rings. The van der Waals surface area contributed by atoms with E-state index in [1.54, 1.807) is 4.90 Å². The average Bonchev–Trinajstić information content (AvgIpc) is 2.98. The summed E-state index contributed by atoms with van der Waals surface area (Å²) in [6, 6.07) is 5.36.